The molecule has 0 N–H and O–H groups in total. The molecule has 1 amide bonds. The third kappa shape index (κ3) is 5.26. The third-order valence-electron chi connectivity index (χ3n) is 7.14. The van der Waals surface area contributed by atoms with Crippen LogP contribution in [0, 0.1) is 0 Å². The van der Waals surface area contributed by atoms with E-state index in [1.165, 1.54) is 12.1 Å². The molecule has 0 aliphatic carbocycles. The van der Waals surface area contributed by atoms with Crippen LogP contribution in [0.1, 0.15) is 28.3 Å². The minimum atomic E-state index is -4.77. The Labute approximate surface area is 222 Å². The van der Waals surface area contributed by atoms with Crippen molar-refractivity contribution in [1.82, 2.24) is 19.4 Å². The van der Waals surface area contributed by atoms with Crippen LogP contribution in [-0.2, 0) is 4.74 Å². The number of ether oxygens (including phenoxy) is 2. The Kier molecular flexibility index (Phi) is 6.59. The maximum absolute atomic E-state index is 13.4. The number of nitrogens with zero attached hydrogens (tertiary/aromatic N) is 5. The minimum absolute atomic E-state index is 0.0561. The van der Waals surface area contributed by atoms with E-state index in [0.29, 0.717) is 62.1 Å². The zero-order valence-corrected chi connectivity index (χ0v) is 21.0. The molecule has 6 rings (SSSR count). The summed E-state index contributed by atoms with van der Waals surface area (Å²) in [6, 6.07) is 15.0. The number of likely N-dealkylation sites (tertiary alicyclic amines) is 1. The maximum atomic E-state index is 13.4. The first-order valence-corrected chi connectivity index (χ1v) is 12.8. The molecule has 2 aromatic carbocycles. The number of hydrogen-bond acceptors (Lipinski definition) is 6. The topological polar surface area (TPSA) is 72.7 Å². The van der Waals surface area contributed by atoms with Gasteiger partial charge in [-0.2, -0.15) is 0 Å². The summed E-state index contributed by atoms with van der Waals surface area (Å²) in [4.78, 5) is 26.4. The molecule has 2 aliphatic heterocycles. The zero-order chi connectivity index (χ0) is 27.0. The van der Waals surface area contributed by atoms with Gasteiger partial charge in [-0.1, -0.05) is 6.07 Å². The lowest BCUT2D eigenvalue weighted by atomic mass is 10.0. The second-order valence-electron chi connectivity index (χ2n) is 9.61. The average Bonchev–Trinajstić information content (AvgIpc) is 3.59. The number of amides is 1. The standard InChI is InChI=1S/C28H26F3N5O3/c29-28(30,31)39-23-6-4-22(5-7-23)36-25-8-3-19(16-24(25)33-27(36)34-12-14-38-15-13-34)26(37)35-11-9-21(18-35)20-2-1-10-32-17-20/h1-8,10,16-17,21H,9,11-15,18H2. The van der Waals surface area contributed by atoms with Crippen LogP contribution in [0.2, 0.25) is 0 Å². The summed E-state index contributed by atoms with van der Waals surface area (Å²) in [6.45, 7) is 3.61. The van der Waals surface area contributed by atoms with Crippen molar-refractivity contribution in [3.05, 3.63) is 78.1 Å². The number of aromatic nitrogens is 3. The van der Waals surface area contributed by atoms with E-state index >= 15 is 0 Å². The van der Waals surface area contributed by atoms with Crippen molar-refractivity contribution in [3.63, 3.8) is 0 Å². The summed E-state index contributed by atoms with van der Waals surface area (Å²) in [5.41, 5.74) is 3.67. The lowest BCUT2D eigenvalue weighted by Crippen LogP contribution is -2.37. The molecule has 4 aromatic rings. The van der Waals surface area contributed by atoms with Gasteiger partial charge in [-0.05, 0) is 60.5 Å². The van der Waals surface area contributed by atoms with Crippen molar-refractivity contribution in [2.24, 2.45) is 0 Å². The van der Waals surface area contributed by atoms with E-state index in [-0.39, 0.29) is 17.6 Å². The quantitative estimate of drug-likeness (QED) is 0.365. The van der Waals surface area contributed by atoms with Gasteiger partial charge in [-0.25, -0.2) is 4.98 Å². The van der Waals surface area contributed by atoms with Crippen LogP contribution in [0.4, 0.5) is 19.1 Å². The van der Waals surface area contributed by atoms with Crippen molar-refractivity contribution in [1.29, 1.82) is 0 Å². The number of benzene rings is 2. The fourth-order valence-corrected chi connectivity index (χ4v) is 5.24. The normalized spacial score (nSPS) is 18.1. The highest BCUT2D eigenvalue weighted by molar-refractivity contribution is 5.98. The van der Waals surface area contributed by atoms with Gasteiger partial charge in [0.05, 0.1) is 24.2 Å². The second-order valence-corrected chi connectivity index (χ2v) is 9.61. The van der Waals surface area contributed by atoms with E-state index < -0.39 is 6.36 Å². The van der Waals surface area contributed by atoms with E-state index in [4.69, 9.17) is 9.72 Å². The van der Waals surface area contributed by atoms with Crippen LogP contribution < -0.4 is 9.64 Å². The maximum Gasteiger partial charge on any atom is 0.573 e. The Balaban J connectivity index is 1.32. The number of fused-ring (bicyclic) bond motifs is 1. The van der Waals surface area contributed by atoms with E-state index in [9.17, 15) is 18.0 Å². The van der Waals surface area contributed by atoms with Gasteiger partial charge in [-0.3, -0.25) is 14.3 Å². The van der Waals surface area contributed by atoms with Gasteiger partial charge in [-0.15, -0.1) is 13.2 Å². The Hall–Kier alpha value is -4.12. The number of hydrogen-bond donors (Lipinski definition) is 0. The first-order valence-electron chi connectivity index (χ1n) is 12.8. The Morgan fingerprint density at radius 1 is 1.03 bits per heavy atom. The SMILES string of the molecule is O=C(c1ccc2c(c1)nc(N1CCOCC1)n2-c1ccc(OC(F)(F)F)cc1)N1CCC(c2cccnc2)C1. The number of carbonyl (C=O) groups is 1. The first kappa shape index (κ1) is 25.2. The Morgan fingerprint density at radius 2 is 1.82 bits per heavy atom. The molecule has 0 radical (unpaired) electrons. The monoisotopic (exact) mass is 537 g/mol. The Morgan fingerprint density at radius 3 is 2.54 bits per heavy atom. The molecule has 39 heavy (non-hydrogen) atoms. The van der Waals surface area contributed by atoms with Crippen molar-refractivity contribution < 1.29 is 27.4 Å². The van der Waals surface area contributed by atoms with Crippen molar-refractivity contribution >= 4 is 22.9 Å². The van der Waals surface area contributed by atoms with Gasteiger partial charge >= 0.3 is 6.36 Å². The van der Waals surface area contributed by atoms with Crippen molar-refractivity contribution in [2.45, 2.75) is 18.7 Å². The van der Waals surface area contributed by atoms with E-state index in [1.807, 2.05) is 33.9 Å². The highest BCUT2D eigenvalue weighted by Crippen LogP contribution is 2.32. The summed E-state index contributed by atoms with van der Waals surface area (Å²) in [5.74, 6) is 0.536. The zero-order valence-electron chi connectivity index (χ0n) is 21.0. The fourth-order valence-electron chi connectivity index (χ4n) is 5.24. The van der Waals surface area contributed by atoms with E-state index in [1.54, 1.807) is 30.5 Å². The molecule has 8 nitrogen and oxygen atoms in total. The molecule has 202 valence electrons. The van der Waals surface area contributed by atoms with Crippen molar-refractivity contribution in [2.75, 3.05) is 44.3 Å². The molecule has 1 atom stereocenters. The van der Waals surface area contributed by atoms with Crippen LogP contribution in [0.3, 0.4) is 0 Å². The number of morpholine rings is 1. The number of halogens is 3. The number of imidazole rings is 1. The third-order valence-corrected chi connectivity index (χ3v) is 7.14. The molecule has 2 fully saturated rings. The molecule has 0 spiro atoms. The predicted octanol–water partition coefficient (Wildman–Crippen LogP) is 4.79. The number of rotatable bonds is 5. The first-order chi connectivity index (χ1) is 18.9. The summed E-state index contributed by atoms with van der Waals surface area (Å²) in [7, 11) is 0. The van der Waals surface area contributed by atoms with Crippen LogP contribution in [0.5, 0.6) is 5.75 Å². The molecule has 0 bridgehead atoms. The van der Waals surface area contributed by atoms with Gasteiger partial charge in [0.1, 0.15) is 5.75 Å². The van der Waals surface area contributed by atoms with E-state index in [0.717, 1.165) is 17.5 Å². The minimum Gasteiger partial charge on any atom is -0.406 e. The highest BCUT2D eigenvalue weighted by atomic mass is 19.4. The van der Waals surface area contributed by atoms with Gasteiger partial charge in [0, 0.05) is 55.7 Å². The number of pyridine rings is 1. The summed E-state index contributed by atoms with van der Waals surface area (Å²) in [5, 5.41) is 0. The molecule has 4 heterocycles. The van der Waals surface area contributed by atoms with Gasteiger partial charge in [0.2, 0.25) is 5.95 Å². The molecule has 11 heteroatoms. The largest absolute Gasteiger partial charge is 0.573 e. The van der Waals surface area contributed by atoms with Crippen LogP contribution in [0.25, 0.3) is 16.7 Å². The molecule has 1 unspecified atom stereocenters. The van der Waals surface area contributed by atoms with Gasteiger partial charge in [0.25, 0.3) is 5.91 Å². The Bertz CT molecular complexity index is 1470. The van der Waals surface area contributed by atoms with E-state index in [2.05, 4.69) is 14.6 Å². The lowest BCUT2D eigenvalue weighted by Gasteiger charge is -2.28. The highest BCUT2D eigenvalue weighted by Gasteiger charge is 2.31. The van der Waals surface area contributed by atoms with Crippen LogP contribution in [0.15, 0.2) is 67.0 Å². The lowest BCUT2D eigenvalue weighted by molar-refractivity contribution is -0.274. The molecular weight excluding hydrogens is 511 g/mol. The number of alkyl halides is 3. The van der Waals surface area contributed by atoms with Gasteiger partial charge < -0.3 is 19.3 Å². The number of carbonyl (C=O) groups excluding carboxylic acids is 1. The van der Waals surface area contributed by atoms with Crippen molar-refractivity contribution in [3.8, 4) is 11.4 Å². The molecule has 2 aliphatic rings. The molecular formula is C28H26F3N5O3. The number of anilines is 1. The summed E-state index contributed by atoms with van der Waals surface area (Å²) >= 11 is 0. The second kappa shape index (κ2) is 10.2. The average molecular weight is 538 g/mol. The molecule has 2 saturated heterocycles. The van der Waals surface area contributed by atoms with Gasteiger partial charge in [0.15, 0.2) is 0 Å². The smallest absolute Gasteiger partial charge is 0.406 e. The summed E-state index contributed by atoms with van der Waals surface area (Å²) in [6.07, 6.45) is -0.292. The van der Waals surface area contributed by atoms with Crippen LogP contribution in [-0.4, -0.2) is 71.1 Å². The predicted molar refractivity (Wildman–Crippen MR) is 138 cm³/mol. The molecule has 2 aromatic heterocycles. The summed E-state index contributed by atoms with van der Waals surface area (Å²) < 4.78 is 49.4. The molecule has 0 saturated carbocycles. The van der Waals surface area contributed by atoms with Crippen LogP contribution >= 0.6 is 0 Å². The fraction of sp³-hybridized carbons (Fsp3) is 0.321.